The van der Waals surface area contributed by atoms with E-state index in [2.05, 4.69) is 41.4 Å². The van der Waals surface area contributed by atoms with Crippen LogP contribution in [0.3, 0.4) is 0 Å². The molecule has 1 heterocycles. The van der Waals surface area contributed by atoms with Gasteiger partial charge < -0.3 is 5.32 Å². The van der Waals surface area contributed by atoms with Gasteiger partial charge in [-0.2, -0.15) is 0 Å². The van der Waals surface area contributed by atoms with Crippen LogP contribution >= 0.6 is 0 Å². The summed E-state index contributed by atoms with van der Waals surface area (Å²) in [4.78, 5) is 15.3. The average Bonchev–Trinajstić information content (AvgIpc) is 2.62. The maximum absolute atomic E-state index is 12.9. The number of nitrogens with zero attached hydrogens (tertiary/aromatic N) is 1. The van der Waals surface area contributed by atoms with Crippen LogP contribution in [0.15, 0.2) is 35.9 Å². The predicted molar refractivity (Wildman–Crippen MR) is 95.1 cm³/mol. The first kappa shape index (κ1) is 16.3. The summed E-state index contributed by atoms with van der Waals surface area (Å²) >= 11 is 0. The number of rotatable bonds is 4. The van der Waals surface area contributed by atoms with Crippen molar-refractivity contribution in [2.45, 2.75) is 51.5 Å². The van der Waals surface area contributed by atoms with E-state index in [0.717, 1.165) is 44.5 Å². The van der Waals surface area contributed by atoms with Crippen molar-refractivity contribution in [3.63, 3.8) is 0 Å². The SMILES string of the molecule is CCN1CCC(c2ccccc2)=C(C(=O)NC2CCCCC2)C1. The molecule has 1 saturated carbocycles. The lowest BCUT2D eigenvalue weighted by atomic mass is 9.91. The quantitative estimate of drug-likeness (QED) is 0.921. The molecule has 1 aliphatic carbocycles. The standard InChI is InChI=1S/C20H28N2O/c1-2-22-14-13-18(16-9-5-3-6-10-16)19(15-22)20(23)21-17-11-7-4-8-12-17/h3,5-6,9-10,17H,2,4,7-8,11-15H2,1H3,(H,21,23). The summed E-state index contributed by atoms with van der Waals surface area (Å²) in [6, 6.07) is 10.8. The van der Waals surface area contributed by atoms with Crippen LogP contribution < -0.4 is 5.32 Å². The first-order valence-corrected chi connectivity index (χ1v) is 9.08. The summed E-state index contributed by atoms with van der Waals surface area (Å²) in [6.07, 6.45) is 7.04. The van der Waals surface area contributed by atoms with Crippen molar-refractivity contribution in [3.05, 3.63) is 41.5 Å². The van der Waals surface area contributed by atoms with Crippen LogP contribution in [0.4, 0.5) is 0 Å². The molecule has 1 fully saturated rings. The van der Waals surface area contributed by atoms with Crippen LogP contribution in [-0.4, -0.2) is 36.5 Å². The minimum atomic E-state index is 0.161. The molecule has 3 rings (SSSR count). The summed E-state index contributed by atoms with van der Waals surface area (Å²) in [7, 11) is 0. The van der Waals surface area contributed by atoms with E-state index in [1.54, 1.807) is 0 Å². The summed E-state index contributed by atoms with van der Waals surface area (Å²) < 4.78 is 0. The molecule has 1 aliphatic heterocycles. The molecule has 1 N–H and O–H groups in total. The van der Waals surface area contributed by atoms with E-state index in [4.69, 9.17) is 0 Å². The lowest BCUT2D eigenvalue weighted by molar-refractivity contribution is -0.118. The van der Waals surface area contributed by atoms with Crippen molar-refractivity contribution in [3.8, 4) is 0 Å². The molecule has 0 unspecified atom stereocenters. The molecule has 0 spiro atoms. The van der Waals surface area contributed by atoms with Crippen LogP contribution in [0.1, 0.15) is 51.0 Å². The van der Waals surface area contributed by atoms with E-state index in [1.165, 1.54) is 30.4 Å². The highest BCUT2D eigenvalue weighted by atomic mass is 16.1. The summed E-state index contributed by atoms with van der Waals surface area (Å²) in [5.41, 5.74) is 3.43. The van der Waals surface area contributed by atoms with E-state index < -0.39 is 0 Å². The second-order valence-electron chi connectivity index (χ2n) is 6.75. The maximum Gasteiger partial charge on any atom is 0.249 e. The molecule has 1 amide bonds. The van der Waals surface area contributed by atoms with Gasteiger partial charge in [-0.1, -0.05) is 56.5 Å². The van der Waals surface area contributed by atoms with Gasteiger partial charge in [0.05, 0.1) is 0 Å². The summed E-state index contributed by atoms with van der Waals surface area (Å²) in [6.45, 7) is 4.99. The lowest BCUT2D eigenvalue weighted by Crippen LogP contribution is -2.42. The Bertz CT molecular complexity index is 558. The van der Waals surface area contributed by atoms with Crippen molar-refractivity contribution >= 4 is 11.5 Å². The summed E-state index contributed by atoms with van der Waals surface area (Å²) in [5, 5.41) is 3.31. The predicted octanol–water partition coefficient (Wildman–Crippen LogP) is 3.61. The van der Waals surface area contributed by atoms with Gasteiger partial charge in [0.1, 0.15) is 0 Å². The molecule has 23 heavy (non-hydrogen) atoms. The van der Waals surface area contributed by atoms with E-state index in [1.807, 2.05) is 6.07 Å². The van der Waals surface area contributed by atoms with Gasteiger partial charge in [0.25, 0.3) is 0 Å². The highest BCUT2D eigenvalue weighted by Crippen LogP contribution is 2.28. The highest BCUT2D eigenvalue weighted by Gasteiger charge is 2.25. The van der Waals surface area contributed by atoms with Crippen LogP contribution in [-0.2, 0) is 4.79 Å². The van der Waals surface area contributed by atoms with Crippen LogP contribution in [0.2, 0.25) is 0 Å². The highest BCUT2D eigenvalue weighted by molar-refractivity contribution is 6.02. The van der Waals surface area contributed by atoms with Crippen molar-refractivity contribution in [2.24, 2.45) is 0 Å². The Kier molecular flexibility index (Phi) is 5.50. The number of nitrogens with one attached hydrogen (secondary N) is 1. The Hall–Kier alpha value is -1.61. The molecule has 0 saturated heterocycles. The fraction of sp³-hybridized carbons (Fsp3) is 0.550. The zero-order valence-corrected chi connectivity index (χ0v) is 14.2. The molecular weight excluding hydrogens is 284 g/mol. The Balaban J connectivity index is 1.82. The summed E-state index contributed by atoms with van der Waals surface area (Å²) in [5.74, 6) is 0.161. The maximum atomic E-state index is 12.9. The van der Waals surface area contributed by atoms with E-state index in [0.29, 0.717) is 6.04 Å². The number of hydrogen-bond acceptors (Lipinski definition) is 2. The van der Waals surface area contributed by atoms with Crippen molar-refractivity contribution in [1.82, 2.24) is 10.2 Å². The van der Waals surface area contributed by atoms with Crippen LogP contribution in [0.5, 0.6) is 0 Å². The molecule has 3 heteroatoms. The number of carbonyl (C=O) groups is 1. The van der Waals surface area contributed by atoms with E-state index in [9.17, 15) is 4.79 Å². The molecule has 2 aliphatic rings. The Morgan fingerprint density at radius 3 is 2.61 bits per heavy atom. The molecule has 1 aromatic rings. The fourth-order valence-electron chi connectivity index (χ4n) is 3.78. The van der Waals surface area contributed by atoms with Crippen molar-refractivity contribution < 1.29 is 4.79 Å². The van der Waals surface area contributed by atoms with Gasteiger partial charge >= 0.3 is 0 Å². The molecule has 3 nitrogen and oxygen atoms in total. The third-order valence-electron chi connectivity index (χ3n) is 5.21. The van der Waals surface area contributed by atoms with E-state index in [-0.39, 0.29) is 5.91 Å². The van der Waals surface area contributed by atoms with Gasteiger partial charge in [-0.05, 0) is 36.9 Å². The zero-order chi connectivity index (χ0) is 16.1. The smallest absolute Gasteiger partial charge is 0.249 e. The van der Waals surface area contributed by atoms with E-state index >= 15 is 0 Å². The number of hydrogen-bond donors (Lipinski definition) is 1. The number of carbonyl (C=O) groups excluding carboxylic acids is 1. The first-order valence-electron chi connectivity index (χ1n) is 9.08. The second-order valence-corrected chi connectivity index (χ2v) is 6.75. The minimum Gasteiger partial charge on any atom is -0.350 e. The normalized spacial score (nSPS) is 20.6. The largest absolute Gasteiger partial charge is 0.350 e. The Morgan fingerprint density at radius 1 is 1.17 bits per heavy atom. The van der Waals surface area contributed by atoms with Gasteiger partial charge in [0.2, 0.25) is 5.91 Å². The third kappa shape index (κ3) is 4.03. The molecule has 0 aromatic heterocycles. The van der Waals surface area contributed by atoms with Gasteiger partial charge in [0.15, 0.2) is 0 Å². The van der Waals surface area contributed by atoms with Gasteiger partial charge in [-0.25, -0.2) is 0 Å². The Morgan fingerprint density at radius 2 is 1.91 bits per heavy atom. The second kappa shape index (κ2) is 7.78. The topological polar surface area (TPSA) is 32.3 Å². The third-order valence-corrected chi connectivity index (χ3v) is 5.21. The van der Waals surface area contributed by atoms with Gasteiger partial charge in [-0.15, -0.1) is 0 Å². The number of benzene rings is 1. The van der Waals surface area contributed by atoms with Crippen LogP contribution in [0.25, 0.3) is 5.57 Å². The Labute approximate surface area is 139 Å². The zero-order valence-electron chi connectivity index (χ0n) is 14.2. The molecular formula is C20H28N2O. The molecule has 0 bridgehead atoms. The molecule has 0 atom stereocenters. The molecule has 0 radical (unpaired) electrons. The monoisotopic (exact) mass is 312 g/mol. The molecule has 1 aromatic carbocycles. The average molecular weight is 312 g/mol. The van der Waals surface area contributed by atoms with Gasteiger partial charge in [-0.3, -0.25) is 9.69 Å². The number of likely N-dealkylation sites (N-methyl/N-ethyl adjacent to an activating group) is 1. The van der Waals surface area contributed by atoms with Crippen LogP contribution in [0, 0.1) is 0 Å². The number of amides is 1. The minimum absolute atomic E-state index is 0.161. The molecule has 124 valence electrons. The van der Waals surface area contributed by atoms with Crippen molar-refractivity contribution in [2.75, 3.05) is 19.6 Å². The van der Waals surface area contributed by atoms with Gasteiger partial charge in [0, 0.05) is 24.7 Å². The fourth-order valence-corrected chi connectivity index (χ4v) is 3.78. The van der Waals surface area contributed by atoms with Crippen molar-refractivity contribution in [1.29, 1.82) is 0 Å². The first-order chi connectivity index (χ1) is 11.3. The lowest BCUT2D eigenvalue weighted by Gasteiger charge is -2.31.